The van der Waals surface area contributed by atoms with Gasteiger partial charge in [0, 0.05) is 49.5 Å². The summed E-state index contributed by atoms with van der Waals surface area (Å²) in [6.45, 7) is 4.46. The summed E-state index contributed by atoms with van der Waals surface area (Å²) in [6, 6.07) is 9.06. The molecule has 2 fully saturated rings. The number of carbonyl (C=O) groups excluding carboxylic acids is 2. The smallest absolute Gasteiger partial charge is 0.415 e. The largest absolute Gasteiger partial charge is 0.450 e. The molecule has 176 valence electrons. The number of ether oxygens (including phenoxy) is 2. The van der Waals surface area contributed by atoms with Crippen LogP contribution in [0.15, 0.2) is 42.5 Å². The van der Waals surface area contributed by atoms with E-state index in [0.29, 0.717) is 55.6 Å². The van der Waals surface area contributed by atoms with Gasteiger partial charge < -0.3 is 14.4 Å². The minimum Gasteiger partial charge on any atom is -0.450 e. The van der Waals surface area contributed by atoms with Crippen LogP contribution in [0.1, 0.15) is 18.5 Å². The van der Waals surface area contributed by atoms with E-state index < -0.39 is 29.9 Å². The van der Waals surface area contributed by atoms with Gasteiger partial charge in [0.1, 0.15) is 23.8 Å². The molecule has 2 aliphatic rings. The summed E-state index contributed by atoms with van der Waals surface area (Å²) in [4.78, 5) is 29.9. The SMILES string of the molecule is CCOC(=O)N1CCN(C[C@@H]2OC(=O)N(c3ccc(Cl)cc3)[C@H]2c2cc(F)cc(F)c2)CC1. The molecule has 0 radical (unpaired) electrons. The van der Waals surface area contributed by atoms with Crippen LogP contribution in [0.5, 0.6) is 0 Å². The Morgan fingerprint density at radius 3 is 2.33 bits per heavy atom. The molecule has 33 heavy (non-hydrogen) atoms. The lowest BCUT2D eigenvalue weighted by atomic mass is 9.99. The number of piperazine rings is 1. The van der Waals surface area contributed by atoms with Gasteiger partial charge in [-0.15, -0.1) is 0 Å². The number of carbonyl (C=O) groups is 2. The zero-order valence-corrected chi connectivity index (χ0v) is 18.8. The molecule has 2 heterocycles. The van der Waals surface area contributed by atoms with E-state index in [9.17, 15) is 18.4 Å². The first-order valence-corrected chi connectivity index (χ1v) is 11.1. The Labute approximate surface area is 195 Å². The molecule has 0 unspecified atom stereocenters. The number of nitrogens with zero attached hydrogens (tertiary/aromatic N) is 3. The standard InChI is InChI=1S/C23H24ClF2N3O4/c1-2-32-22(30)28-9-7-27(8-10-28)14-20-21(15-11-17(25)13-18(26)12-15)29(23(31)33-20)19-5-3-16(24)4-6-19/h3-6,11-13,20-21H,2,7-10,14H2,1H3/t20-,21-/m0/s1. The van der Waals surface area contributed by atoms with Crippen molar-refractivity contribution in [2.24, 2.45) is 0 Å². The lowest BCUT2D eigenvalue weighted by molar-refractivity contribution is 0.0561. The van der Waals surface area contributed by atoms with E-state index in [1.807, 2.05) is 0 Å². The van der Waals surface area contributed by atoms with Crippen molar-refractivity contribution in [1.82, 2.24) is 9.80 Å². The highest BCUT2D eigenvalue weighted by molar-refractivity contribution is 6.30. The number of cyclic esters (lactones) is 1. The lowest BCUT2D eigenvalue weighted by Crippen LogP contribution is -2.51. The summed E-state index contributed by atoms with van der Waals surface area (Å²) in [6.07, 6.45) is -1.64. The van der Waals surface area contributed by atoms with Crippen LogP contribution in [0.3, 0.4) is 0 Å². The van der Waals surface area contributed by atoms with Crippen molar-refractivity contribution >= 4 is 29.5 Å². The second-order valence-electron chi connectivity index (χ2n) is 7.90. The second-order valence-corrected chi connectivity index (χ2v) is 8.34. The molecule has 2 aliphatic heterocycles. The van der Waals surface area contributed by atoms with E-state index >= 15 is 0 Å². The molecule has 2 aromatic rings. The fraction of sp³-hybridized carbons (Fsp3) is 0.391. The maximum absolute atomic E-state index is 14.1. The van der Waals surface area contributed by atoms with Gasteiger partial charge in [-0.25, -0.2) is 18.4 Å². The Balaban J connectivity index is 1.57. The van der Waals surface area contributed by atoms with Gasteiger partial charge in [0.15, 0.2) is 0 Å². The van der Waals surface area contributed by atoms with E-state index in [-0.39, 0.29) is 6.09 Å². The molecule has 2 atom stereocenters. The number of anilines is 1. The minimum absolute atomic E-state index is 0.295. The number of hydrogen-bond acceptors (Lipinski definition) is 5. The molecule has 2 saturated heterocycles. The van der Waals surface area contributed by atoms with Crippen LogP contribution in [-0.2, 0) is 9.47 Å². The van der Waals surface area contributed by atoms with Gasteiger partial charge in [0.25, 0.3) is 0 Å². The lowest BCUT2D eigenvalue weighted by Gasteiger charge is -2.36. The molecule has 0 N–H and O–H groups in total. The molecule has 10 heteroatoms. The van der Waals surface area contributed by atoms with Crippen LogP contribution in [0.4, 0.5) is 24.1 Å². The van der Waals surface area contributed by atoms with Gasteiger partial charge >= 0.3 is 12.2 Å². The average Bonchev–Trinajstić information content (AvgIpc) is 3.10. The van der Waals surface area contributed by atoms with Gasteiger partial charge in [0.2, 0.25) is 0 Å². The van der Waals surface area contributed by atoms with Crippen molar-refractivity contribution in [2.45, 2.75) is 19.1 Å². The highest BCUT2D eigenvalue weighted by atomic mass is 35.5. The maximum atomic E-state index is 14.1. The Morgan fingerprint density at radius 2 is 1.73 bits per heavy atom. The van der Waals surface area contributed by atoms with Crippen LogP contribution in [0, 0.1) is 11.6 Å². The zero-order chi connectivity index (χ0) is 23.5. The number of halogens is 3. The maximum Gasteiger partial charge on any atom is 0.415 e. The Hall–Kier alpha value is -2.91. The van der Waals surface area contributed by atoms with Gasteiger partial charge in [-0.2, -0.15) is 0 Å². The van der Waals surface area contributed by atoms with E-state index in [2.05, 4.69) is 4.90 Å². The van der Waals surface area contributed by atoms with E-state index in [4.69, 9.17) is 21.1 Å². The number of benzene rings is 2. The quantitative estimate of drug-likeness (QED) is 0.633. The topological polar surface area (TPSA) is 62.3 Å². The monoisotopic (exact) mass is 479 g/mol. The molecular formula is C23H24ClF2N3O4. The molecule has 2 aromatic carbocycles. The molecular weight excluding hydrogens is 456 g/mol. The average molecular weight is 480 g/mol. The van der Waals surface area contributed by atoms with E-state index in [0.717, 1.165) is 6.07 Å². The highest BCUT2D eigenvalue weighted by Crippen LogP contribution is 2.38. The van der Waals surface area contributed by atoms with Crippen molar-refractivity contribution < 1.29 is 27.8 Å². The van der Waals surface area contributed by atoms with Crippen molar-refractivity contribution in [3.8, 4) is 0 Å². The third-order valence-corrected chi connectivity index (χ3v) is 6.00. The second kappa shape index (κ2) is 9.93. The number of amides is 2. The predicted molar refractivity (Wildman–Crippen MR) is 118 cm³/mol. The molecule has 0 saturated carbocycles. The van der Waals surface area contributed by atoms with Crippen molar-refractivity contribution in [3.05, 3.63) is 64.7 Å². The van der Waals surface area contributed by atoms with Gasteiger partial charge in [-0.3, -0.25) is 9.80 Å². The molecule has 2 amide bonds. The number of rotatable bonds is 5. The van der Waals surface area contributed by atoms with E-state index in [1.165, 1.54) is 17.0 Å². The van der Waals surface area contributed by atoms with Gasteiger partial charge in [-0.05, 0) is 48.9 Å². The van der Waals surface area contributed by atoms with Crippen LogP contribution < -0.4 is 4.90 Å². The van der Waals surface area contributed by atoms with Gasteiger partial charge in [-0.1, -0.05) is 11.6 Å². The Morgan fingerprint density at radius 1 is 1.09 bits per heavy atom. The van der Waals surface area contributed by atoms with Crippen LogP contribution in [-0.4, -0.2) is 67.4 Å². The molecule has 0 aliphatic carbocycles. The summed E-state index contributed by atoms with van der Waals surface area (Å²) >= 11 is 5.98. The highest BCUT2D eigenvalue weighted by Gasteiger charge is 2.45. The van der Waals surface area contributed by atoms with Crippen LogP contribution in [0.25, 0.3) is 0 Å². The Bertz CT molecular complexity index is 995. The van der Waals surface area contributed by atoms with Crippen molar-refractivity contribution in [1.29, 1.82) is 0 Å². The zero-order valence-electron chi connectivity index (χ0n) is 18.0. The summed E-state index contributed by atoms with van der Waals surface area (Å²) < 4.78 is 38.9. The fourth-order valence-corrected chi connectivity index (χ4v) is 4.35. The summed E-state index contributed by atoms with van der Waals surface area (Å²) in [5.74, 6) is -1.47. The summed E-state index contributed by atoms with van der Waals surface area (Å²) in [5, 5.41) is 0.496. The van der Waals surface area contributed by atoms with Gasteiger partial charge in [0.05, 0.1) is 6.61 Å². The summed E-state index contributed by atoms with van der Waals surface area (Å²) in [7, 11) is 0. The molecule has 0 spiro atoms. The van der Waals surface area contributed by atoms with Crippen LogP contribution >= 0.6 is 11.6 Å². The van der Waals surface area contributed by atoms with Crippen molar-refractivity contribution in [3.63, 3.8) is 0 Å². The first-order chi connectivity index (χ1) is 15.9. The predicted octanol–water partition coefficient (Wildman–Crippen LogP) is 4.46. The first kappa shape index (κ1) is 23.3. The third kappa shape index (κ3) is 5.20. The fourth-order valence-electron chi connectivity index (χ4n) is 4.23. The van der Waals surface area contributed by atoms with Crippen LogP contribution in [0.2, 0.25) is 5.02 Å². The van der Waals surface area contributed by atoms with Crippen molar-refractivity contribution in [2.75, 3.05) is 44.2 Å². The summed E-state index contributed by atoms with van der Waals surface area (Å²) in [5.41, 5.74) is 0.803. The molecule has 4 rings (SSSR count). The normalized spacial score (nSPS) is 21.3. The first-order valence-electron chi connectivity index (χ1n) is 10.7. The molecule has 0 aromatic heterocycles. The Kier molecular flexibility index (Phi) is 6.99. The molecule has 7 nitrogen and oxygen atoms in total. The third-order valence-electron chi connectivity index (χ3n) is 5.75. The number of hydrogen-bond donors (Lipinski definition) is 0. The molecule has 0 bridgehead atoms. The van der Waals surface area contributed by atoms with E-state index in [1.54, 1.807) is 36.1 Å². The minimum atomic E-state index is -0.744.